The Labute approximate surface area is 146 Å². The Kier molecular flexibility index (Phi) is 7.35. The quantitative estimate of drug-likeness (QED) is 0.566. The highest BCUT2D eigenvalue weighted by atomic mass is 15.2. The highest BCUT2D eigenvalue weighted by Gasteiger charge is 2.29. The number of hydrogen-bond donors (Lipinski definition) is 0. The van der Waals surface area contributed by atoms with Crippen LogP contribution in [0.2, 0.25) is 0 Å². The van der Waals surface area contributed by atoms with E-state index < -0.39 is 0 Å². The van der Waals surface area contributed by atoms with Gasteiger partial charge in [0.05, 0.1) is 0 Å². The molecule has 2 unspecified atom stereocenters. The summed E-state index contributed by atoms with van der Waals surface area (Å²) in [5.74, 6) is 1.79. The van der Waals surface area contributed by atoms with Crippen molar-refractivity contribution in [1.82, 2.24) is 9.80 Å². The molecule has 2 nitrogen and oxygen atoms in total. The summed E-state index contributed by atoms with van der Waals surface area (Å²) in [6, 6.07) is 0. The predicted molar refractivity (Wildman–Crippen MR) is 104 cm³/mol. The first kappa shape index (κ1) is 20.7. The maximum Gasteiger partial charge on any atom is 0.0171 e. The molecule has 0 N–H and O–H groups in total. The summed E-state index contributed by atoms with van der Waals surface area (Å²) in [6.07, 6.45) is 4.96. The van der Waals surface area contributed by atoms with E-state index in [0.717, 1.165) is 18.4 Å². The fraction of sp³-hybridized carbons (Fsp3) is 0.905. The average molecular weight is 323 g/mol. The van der Waals surface area contributed by atoms with E-state index in [1.54, 1.807) is 5.57 Å². The third kappa shape index (κ3) is 6.97. The SMILES string of the molecule is CC1=CCN(C(C)(C)C)CC1.CC1CCN(C(C)(C)C)CC1C. The van der Waals surface area contributed by atoms with Gasteiger partial charge in [0.2, 0.25) is 0 Å². The fourth-order valence-corrected chi connectivity index (χ4v) is 3.25. The molecule has 0 bridgehead atoms. The first-order valence-corrected chi connectivity index (χ1v) is 9.57. The van der Waals surface area contributed by atoms with Gasteiger partial charge in [0.25, 0.3) is 0 Å². The second kappa shape index (κ2) is 8.16. The van der Waals surface area contributed by atoms with Crippen LogP contribution in [0, 0.1) is 11.8 Å². The van der Waals surface area contributed by atoms with Crippen molar-refractivity contribution >= 4 is 0 Å². The first-order chi connectivity index (χ1) is 10.4. The summed E-state index contributed by atoms with van der Waals surface area (Å²) in [5.41, 5.74) is 2.26. The van der Waals surface area contributed by atoms with Crippen molar-refractivity contribution < 1.29 is 0 Å². The lowest BCUT2D eigenvalue weighted by Gasteiger charge is -2.43. The van der Waals surface area contributed by atoms with Crippen molar-refractivity contribution in [3.05, 3.63) is 11.6 Å². The monoisotopic (exact) mass is 322 g/mol. The number of likely N-dealkylation sites (tertiary alicyclic amines) is 1. The highest BCUT2D eigenvalue weighted by Crippen LogP contribution is 2.27. The third-order valence-electron chi connectivity index (χ3n) is 5.67. The van der Waals surface area contributed by atoms with Crippen molar-refractivity contribution in [2.24, 2.45) is 11.8 Å². The van der Waals surface area contributed by atoms with E-state index in [1.165, 1.54) is 32.5 Å². The van der Waals surface area contributed by atoms with Crippen LogP contribution in [-0.4, -0.2) is 47.1 Å². The summed E-state index contributed by atoms with van der Waals surface area (Å²) in [7, 11) is 0. The fourth-order valence-electron chi connectivity index (χ4n) is 3.25. The van der Waals surface area contributed by atoms with Gasteiger partial charge in [0.1, 0.15) is 0 Å². The van der Waals surface area contributed by atoms with Crippen molar-refractivity contribution in [1.29, 1.82) is 0 Å². The molecule has 2 rings (SSSR count). The Bertz CT molecular complexity index is 384. The molecule has 0 spiro atoms. The molecule has 0 aromatic rings. The molecule has 2 heterocycles. The zero-order chi connectivity index (χ0) is 17.8. The normalized spacial score (nSPS) is 28.0. The molecule has 136 valence electrons. The summed E-state index contributed by atoms with van der Waals surface area (Å²) in [4.78, 5) is 5.12. The van der Waals surface area contributed by atoms with Gasteiger partial charge in [-0.3, -0.25) is 9.80 Å². The zero-order valence-electron chi connectivity index (χ0n) is 17.4. The third-order valence-corrected chi connectivity index (χ3v) is 5.67. The van der Waals surface area contributed by atoms with Gasteiger partial charge in [-0.1, -0.05) is 25.5 Å². The second-order valence-corrected chi connectivity index (χ2v) is 9.78. The predicted octanol–water partition coefficient (Wildman–Crippen LogP) is 5.20. The van der Waals surface area contributed by atoms with E-state index in [4.69, 9.17) is 0 Å². The molecule has 0 amide bonds. The Morgan fingerprint density at radius 3 is 1.83 bits per heavy atom. The molecule has 0 radical (unpaired) electrons. The smallest absolute Gasteiger partial charge is 0.0171 e. The Balaban J connectivity index is 0.000000231. The van der Waals surface area contributed by atoms with E-state index in [0.29, 0.717) is 11.1 Å². The molecule has 2 aliphatic rings. The maximum absolute atomic E-state index is 2.61. The summed E-state index contributed by atoms with van der Waals surface area (Å²) in [5, 5.41) is 0. The summed E-state index contributed by atoms with van der Waals surface area (Å²) >= 11 is 0. The molecule has 0 saturated carbocycles. The molecule has 2 heteroatoms. The van der Waals surface area contributed by atoms with E-state index in [1.807, 2.05) is 0 Å². The lowest BCUT2D eigenvalue weighted by molar-refractivity contribution is 0.0584. The van der Waals surface area contributed by atoms with Gasteiger partial charge in [-0.05, 0) is 79.7 Å². The number of rotatable bonds is 0. The van der Waals surface area contributed by atoms with Crippen LogP contribution in [0.25, 0.3) is 0 Å². The lowest BCUT2D eigenvalue weighted by atomic mass is 9.86. The summed E-state index contributed by atoms with van der Waals surface area (Å²) in [6.45, 7) is 25.7. The van der Waals surface area contributed by atoms with Crippen LogP contribution in [-0.2, 0) is 0 Å². The minimum atomic E-state index is 0.344. The lowest BCUT2D eigenvalue weighted by Crippen LogP contribution is -2.48. The zero-order valence-corrected chi connectivity index (χ0v) is 17.4. The maximum atomic E-state index is 2.61. The van der Waals surface area contributed by atoms with Crippen LogP contribution in [0.15, 0.2) is 11.6 Å². The van der Waals surface area contributed by atoms with E-state index in [-0.39, 0.29) is 0 Å². The van der Waals surface area contributed by atoms with Crippen LogP contribution in [0.3, 0.4) is 0 Å². The topological polar surface area (TPSA) is 6.48 Å². The van der Waals surface area contributed by atoms with Crippen LogP contribution in [0.1, 0.15) is 75.2 Å². The van der Waals surface area contributed by atoms with Crippen LogP contribution in [0.4, 0.5) is 0 Å². The highest BCUT2D eigenvalue weighted by molar-refractivity contribution is 5.05. The minimum absolute atomic E-state index is 0.344. The Hall–Kier alpha value is -0.340. The molecule has 1 saturated heterocycles. The second-order valence-electron chi connectivity index (χ2n) is 9.78. The van der Waals surface area contributed by atoms with Gasteiger partial charge >= 0.3 is 0 Å². The molecule has 0 aromatic heterocycles. The standard InChI is InChI=1S/C11H23N.C10H19N/c1-9-6-7-12(8-10(9)2)11(3,4)5;1-9-5-7-11(8-6-9)10(2,3)4/h9-10H,6-8H2,1-5H3;5H,6-8H2,1-4H3. The number of piperidine rings is 1. The Morgan fingerprint density at radius 1 is 0.870 bits per heavy atom. The van der Waals surface area contributed by atoms with Gasteiger partial charge in [-0.2, -0.15) is 0 Å². The first-order valence-electron chi connectivity index (χ1n) is 9.57. The molecule has 2 atom stereocenters. The Morgan fingerprint density at radius 2 is 1.43 bits per heavy atom. The van der Waals surface area contributed by atoms with Crippen molar-refractivity contribution in [2.75, 3.05) is 26.2 Å². The van der Waals surface area contributed by atoms with Gasteiger partial charge < -0.3 is 0 Å². The summed E-state index contributed by atoms with van der Waals surface area (Å²) < 4.78 is 0. The molecular weight excluding hydrogens is 280 g/mol. The van der Waals surface area contributed by atoms with E-state index in [9.17, 15) is 0 Å². The van der Waals surface area contributed by atoms with Crippen LogP contribution >= 0.6 is 0 Å². The molecular formula is C21H42N2. The van der Waals surface area contributed by atoms with Crippen LogP contribution in [0.5, 0.6) is 0 Å². The van der Waals surface area contributed by atoms with Crippen LogP contribution < -0.4 is 0 Å². The van der Waals surface area contributed by atoms with Gasteiger partial charge in [0.15, 0.2) is 0 Å². The van der Waals surface area contributed by atoms with E-state index >= 15 is 0 Å². The van der Waals surface area contributed by atoms with Crippen molar-refractivity contribution in [3.8, 4) is 0 Å². The molecule has 1 fully saturated rings. The largest absolute Gasteiger partial charge is 0.298 e. The molecule has 0 aromatic carbocycles. The molecule has 2 aliphatic heterocycles. The van der Waals surface area contributed by atoms with Crippen molar-refractivity contribution in [3.63, 3.8) is 0 Å². The van der Waals surface area contributed by atoms with Gasteiger partial charge in [0, 0.05) is 30.7 Å². The average Bonchev–Trinajstić information content (AvgIpc) is 2.41. The van der Waals surface area contributed by atoms with Crippen molar-refractivity contribution in [2.45, 2.75) is 86.2 Å². The minimum Gasteiger partial charge on any atom is -0.298 e. The van der Waals surface area contributed by atoms with Gasteiger partial charge in [-0.15, -0.1) is 0 Å². The van der Waals surface area contributed by atoms with Gasteiger partial charge in [-0.25, -0.2) is 0 Å². The van der Waals surface area contributed by atoms with E-state index in [2.05, 4.69) is 78.2 Å². The molecule has 0 aliphatic carbocycles. The number of nitrogens with zero attached hydrogens (tertiary/aromatic N) is 2. The number of hydrogen-bond acceptors (Lipinski definition) is 2. The molecule has 23 heavy (non-hydrogen) atoms.